The van der Waals surface area contributed by atoms with Gasteiger partial charge >= 0.3 is 5.69 Å². The minimum absolute atomic E-state index is 0.296. The molecule has 3 heterocycles. The van der Waals surface area contributed by atoms with Gasteiger partial charge in [0.15, 0.2) is 5.65 Å². The average Bonchev–Trinajstić information content (AvgIpc) is 3.08. The van der Waals surface area contributed by atoms with Crippen LogP contribution in [0.3, 0.4) is 0 Å². The highest BCUT2D eigenvalue weighted by Gasteiger charge is 2.20. The Morgan fingerprint density at radius 3 is 3.05 bits per heavy atom. The minimum Gasteiger partial charge on any atom is -0.353 e. The Hall–Kier alpha value is -1.89. The molecule has 0 aromatic carbocycles. The first-order valence-corrected chi connectivity index (χ1v) is 7.56. The van der Waals surface area contributed by atoms with Crippen molar-refractivity contribution in [3.8, 4) is 0 Å². The van der Waals surface area contributed by atoms with Crippen LogP contribution < -0.4 is 15.9 Å². The second-order valence-electron chi connectivity index (χ2n) is 6.08. The van der Waals surface area contributed by atoms with Gasteiger partial charge in [-0.1, -0.05) is 13.8 Å². The third kappa shape index (κ3) is 3.07. The van der Waals surface area contributed by atoms with Crippen LogP contribution in [-0.2, 0) is 0 Å². The highest BCUT2D eigenvalue weighted by Crippen LogP contribution is 2.16. The number of hydrogen-bond acceptors (Lipinski definition) is 5. The lowest BCUT2D eigenvalue weighted by atomic mass is 10.1. The van der Waals surface area contributed by atoms with Crippen LogP contribution in [0.25, 0.3) is 5.65 Å². The minimum atomic E-state index is -0.296. The molecule has 0 aliphatic carbocycles. The first-order valence-electron chi connectivity index (χ1n) is 7.56. The molecule has 1 atom stereocenters. The second kappa shape index (κ2) is 5.85. The number of H-pyrrole nitrogens is 1. The smallest absolute Gasteiger partial charge is 0.353 e. The van der Waals surface area contributed by atoms with Gasteiger partial charge in [-0.15, -0.1) is 5.10 Å². The standard InChI is InChI=1S/C14H22N6O/c1-10(2)8-19(9-11-4-3-7-15-11)13-6-5-12-16-17-14(21)20(12)18-13/h5-6,10-11,15H,3-4,7-9H2,1-2H3,(H,17,21). The molecule has 114 valence electrons. The van der Waals surface area contributed by atoms with Crippen LogP contribution in [0.4, 0.5) is 5.82 Å². The van der Waals surface area contributed by atoms with Gasteiger partial charge in [-0.2, -0.15) is 9.61 Å². The van der Waals surface area contributed by atoms with Gasteiger partial charge in [0.05, 0.1) is 0 Å². The first kappa shape index (κ1) is 14.1. The average molecular weight is 290 g/mol. The van der Waals surface area contributed by atoms with Crippen molar-refractivity contribution in [3.05, 3.63) is 22.6 Å². The van der Waals surface area contributed by atoms with Gasteiger partial charge in [0, 0.05) is 19.1 Å². The van der Waals surface area contributed by atoms with Crippen molar-refractivity contribution in [2.24, 2.45) is 5.92 Å². The summed E-state index contributed by atoms with van der Waals surface area (Å²) >= 11 is 0. The van der Waals surface area contributed by atoms with Crippen LogP contribution in [0.1, 0.15) is 26.7 Å². The number of aromatic nitrogens is 4. The monoisotopic (exact) mass is 290 g/mol. The highest BCUT2D eigenvalue weighted by molar-refractivity contribution is 5.45. The quantitative estimate of drug-likeness (QED) is 0.844. The first-order chi connectivity index (χ1) is 10.1. The number of nitrogens with one attached hydrogen (secondary N) is 2. The summed E-state index contributed by atoms with van der Waals surface area (Å²) in [7, 11) is 0. The molecule has 0 radical (unpaired) electrons. The van der Waals surface area contributed by atoms with Crippen molar-refractivity contribution in [3.63, 3.8) is 0 Å². The third-order valence-corrected chi connectivity index (χ3v) is 3.77. The van der Waals surface area contributed by atoms with E-state index in [0.717, 1.165) is 25.5 Å². The Bertz CT molecular complexity index is 655. The molecule has 2 aromatic heterocycles. The van der Waals surface area contributed by atoms with Crippen LogP contribution in [0.2, 0.25) is 0 Å². The lowest BCUT2D eigenvalue weighted by Gasteiger charge is -2.28. The molecular weight excluding hydrogens is 268 g/mol. The van der Waals surface area contributed by atoms with E-state index in [9.17, 15) is 4.79 Å². The van der Waals surface area contributed by atoms with E-state index in [-0.39, 0.29) is 5.69 Å². The Morgan fingerprint density at radius 2 is 2.33 bits per heavy atom. The molecular formula is C14H22N6O. The van der Waals surface area contributed by atoms with E-state index in [4.69, 9.17) is 0 Å². The number of aromatic amines is 1. The molecule has 1 aliphatic rings. The molecule has 0 spiro atoms. The number of anilines is 1. The second-order valence-corrected chi connectivity index (χ2v) is 6.08. The van der Waals surface area contributed by atoms with E-state index < -0.39 is 0 Å². The van der Waals surface area contributed by atoms with Crippen molar-refractivity contribution in [1.29, 1.82) is 0 Å². The number of nitrogens with zero attached hydrogens (tertiary/aromatic N) is 4. The molecule has 0 amide bonds. The Balaban J connectivity index is 1.88. The molecule has 1 saturated heterocycles. The van der Waals surface area contributed by atoms with E-state index in [1.54, 1.807) is 0 Å². The molecule has 21 heavy (non-hydrogen) atoms. The van der Waals surface area contributed by atoms with Crippen molar-refractivity contribution in [1.82, 2.24) is 25.1 Å². The van der Waals surface area contributed by atoms with Crippen molar-refractivity contribution < 1.29 is 0 Å². The van der Waals surface area contributed by atoms with Crippen molar-refractivity contribution in [2.75, 3.05) is 24.5 Å². The summed E-state index contributed by atoms with van der Waals surface area (Å²) < 4.78 is 1.32. The fraction of sp³-hybridized carbons (Fsp3) is 0.643. The van der Waals surface area contributed by atoms with E-state index in [0.29, 0.717) is 17.6 Å². The lowest BCUT2D eigenvalue weighted by Crippen LogP contribution is -2.40. The van der Waals surface area contributed by atoms with Gasteiger partial charge in [-0.05, 0) is 37.4 Å². The van der Waals surface area contributed by atoms with Gasteiger partial charge in [0.25, 0.3) is 0 Å². The predicted octanol–water partition coefficient (Wildman–Crippen LogP) is 0.632. The molecule has 1 aliphatic heterocycles. The number of fused-ring (bicyclic) bond motifs is 1. The maximum Gasteiger partial charge on any atom is 0.364 e. The van der Waals surface area contributed by atoms with Crippen molar-refractivity contribution in [2.45, 2.75) is 32.7 Å². The maximum absolute atomic E-state index is 11.7. The Kier molecular flexibility index (Phi) is 3.92. The van der Waals surface area contributed by atoms with E-state index >= 15 is 0 Å². The molecule has 7 nitrogen and oxygen atoms in total. The van der Waals surface area contributed by atoms with E-state index in [2.05, 4.69) is 39.4 Å². The van der Waals surface area contributed by atoms with Crippen LogP contribution in [0.5, 0.6) is 0 Å². The largest absolute Gasteiger partial charge is 0.364 e. The summed E-state index contributed by atoms with van der Waals surface area (Å²) in [5, 5.41) is 14.3. The molecule has 2 N–H and O–H groups in total. The fourth-order valence-electron chi connectivity index (χ4n) is 2.84. The van der Waals surface area contributed by atoms with E-state index in [1.807, 2.05) is 12.1 Å². The predicted molar refractivity (Wildman–Crippen MR) is 81.7 cm³/mol. The summed E-state index contributed by atoms with van der Waals surface area (Å²) in [5.74, 6) is 1.36. The summed E-state index contributed by atoms with van der Waals surface area (Å²) in [6, 6.07) is 4.27. The maximum atomic E-state index is 11.7. The van der Waals surface area contributed by atoms with Gasteiger partial charge in [-0.3, -0.25) is 0 Å². The van der Waals surface area contributed by atoms with Gasteiger partial charge < -0.3 is 10.2 Å². The lowest BCUT2D eigenvalue weighted by molar-refractivity contribution is 0.535. The normalized spacial score (nSPS) is 18.7. The summed E-state index contributed by atoms with van der Waals surface area (Å²) in [4.78, 5) is 13.9. The molecule has 0 saturated carbocycles. The van der Waals surface area contributed by atoms with Gasteiger partial charge in [0.2, 0.25) is 0 Å². The van der Waals surface area contributed by atoms with Gasteiger partial charge in [0.1, 0.15) is 5.82 Å². The molecule has 1 unspecified atom stereocenters. The Labute approximate surface area is 123 Å². The highest BCUT2D eigenvalue weighted by atomic mass is 16.2. The molecule has 1 fully saturated rings. The molecule has 2 aromatic rings. The summed E-state index contributed by atoms with van der Waals surface area (Å²) in [6.45, 7) is 7.32. The molecule has 0 bridgehead atoms. The zero-order valence-electron chi connectivity index (χ0n) is 12.5. The molecule has 7 heteroatoms. The van der Waals surface area contributed by atoms with E-state index in [1.165, 1.54) is 17.4 Å². The van der Waals surface area contributed by atoms with Gasteiger partial charge in [-0.25, -0.2) is 9.89 Å². The van der Waals surface area contributed by atoms with Crippen molar-refractivity contribution >= 4 is 11.5 Å². The topological polar surface area (TPSA) is 78.3 Å². The zero-order valence-corrected chi connectivity index (χ0v) is 12.5. The van der Waals surface area contributed by atoms with Crippen LogP contribution >= 0.6 is 0 Å². The number of hydrogen-bond donors (Lipinski definition) is 2. The Morgan fingerprint density at radius 1 is 1.48 bits per heavy atom. The zero-order chi connectivity index (χ0) is 14.8. The fourth-order valence-corrected chi connectivity index (χ4v) is 2.84. The van der Waals surface area contributed by atoms with Crippen LogP contribution in [-0.4, -0.2) is 45.5 Å². The van der Waals surface area contributed by atoms with Crippen LogP contribution in [0.15, 0.2) is 16.9 Å². The summed E-state index contributed by atoms with van der Waals surface area (Å²) in [5.41, 5.74) is 0.252. The molecule has 3 rings (SSSR count). The SMILES string of the molecule is CC(C)CN(CC1CCCN1)c1ccc2n[nH]c(=O)n2n1. The summed E-state index contributed by atoms with van der Waals surface area (Å²) in [6.07, 6.45) is 2.43. The third-order valence-electron chi connectivity index (χ3n) is 3.77. The number of rotatable bonds is 5. The van der Waals surface area contributed by atoms with Crippen LogP contribution in [0, 0.1) is 5.92 Å².